The third-order valence-electron chi connectivity index (χ3n) is 16.7. The molecule has 0 radical (unpaired) electrons. The summed E-state index contributed by atoms with van der Waals surface area (Å²) in [6, 6.07) is 0. The number of ether oxygens (including phenoxy) is 2. The Bertz CT molecular complexity index is 2080. The van der Waals surface area contributed by atoms with E-state index in [9.17, 15) is 19.0 Å². The van der Waals surface area contributed by atoms with E-state index in [2.05, 4.69) is 160 Å². The van der Waals surface area contributed by atoms with Crippen molar-refractivity contribution in [2.45, 2.75) is 354 Å². The van der Waals surface area contributed by atoms with Gasteiger partial charge in [-0.05, 0) is 103 Å². The molecular formula is C85H146NO8P. The number of phosphoric acid groups is 1. The minimum absolute atomic E-state index is 0.0403. The minimum atomic E-state index is -4.42. The Balaban J connectivity index is 3.94. The van der Waals surface area contributed by atoms with Crippen LogP contribution in [0.15, 0.2) is 146 Å². The fourth-order valence-corrected chi connectivity index (χ4v) is 11.7. The average Bonchev–Trinajstić information content (AvgIpc) is 3.16. The highest BCUT2D eigenvalue weighted by molar-refractivity contribution is 7.47. The molecule has 0 aliphatic rings. The van der Waals surface area contributed by atoms with E-state index in [-0.39, 0.29) is 32.6 Å². The van der Waals surface area contributed by atoms with E-state index >= 15 is 0 Å². The van der Waals surface area contributed by atoms with Gasteiger partial charge in [0, 0.05) is 19.4 Å². The van der Waals surface area contributed by atoms with Crippen molar-refractivity contribution in [2.24, 2.45) is 5.73 Å². The van der Waals surface area contributed by atoms with Crippen LogP contribution in [0.2, 0.25) is 0 Å². The summed E-state index contributed by atoms with van der Waals surface area (Å²) in [7, 11) is -4.42. The molecule has 95 heavy (non-hydrogen) atoms. The highest BCUT2D eigenvalue weighted by atomic mass is 31.2. The summed E-state index contributed by atoms with van der Waals surface area (Å²) in [5.74, 6) is -0.876. The average molecular weight is 1340 g/mol. The van der Waals surface area contributed by atoms with Gasteiger partial charge in [-0.2, -0.15) is 0 Å². The molecule has 0 saturated heterocycles. The number of rotatable bonds is 73. The summed E-state index contributed by atoms with van der Waals surface area (Å²) in [6.07, 6.45) is 114. The van der Waals surface area contributed by atoms with Gasteiger partial charge in [-0.1, -0.05) is 378 Å². The Labute approximate surface area is 586 Å². The third kappa shape index (κ3) is 78.8. The number of hydrogen-bond acceptors (Lipinski definition) is 8. The molecule has 0 fully saturated rings. The number of carbonyl (C=O) groups excluding carboxylic acids is 2. The second kappa shape index (κ2) is 78.9. The molecule has 0 amide bonds. The Morgan fingerprint density at radius 2 is 0.579 bits per heavy atom. The van der Waals surface area contributed by atoms with Crippen LogP contribution in [0.3, 0.4) is 0 Å². The van der Waals surface area contributed by atoms with Gasteiger partial charge >= 0.3 is 19.8 Å². The van der Waals surface area contributed by atoms with Crippen LogP contribution in [0.25, 0.3) is 0 Å². The lowest BCUT2D eigenvalue weighted by Gasteiger charge is -2.19. The van der Waals surface area contributed by atoms with Crippen LogP contribution < -0.4 is 5.73 Å². The van der Waals surface area contributed by atoms with Crippen LogP contribution in [-0.4, -0.2) is 49.3 Å². The molecule has 9 nitrogen and oxygen atoms in total. The lowest BCUT2D eigenvalue weighted by Crippen LogP contribution is -2.29. The van der Waals surface area contributed by atoms with Crippen LogP contribution in [-0.2, 0) is 32.7 Å². The lowest BCUT2D eigenvalue weighted by molar-refractivity contribution is -0.161. The minimum Gasteiger partial charge on any atom is -0.462 e. The molecule has 0 spiro atoms. The van der Waals surface area contributed by atoms with Gasteiger partial charge in [0.15, 0.2) is 6.10 Å². The fourth-order valence-electron chi connectivity index (χ4n) is 11.0. The zero-order chi connectivity index (χ0) is 68.6. The maximum atomic E-state index is 12.8. The summed E-state index contributed by atoms with van der Waals surface area (Å²) in [6.45, 7) is 3.61. The van der Waals surface area contributed by atoms with E-state index < -0.39 is 32.5 Å². The van der Waals surface area contributed by atoms with E-state index in [0.29, 0.717) is 6.42 Å². The largest absolute Gasteiger partial charge is 0.472 e. The van der Waals surface area contributed by atoms with Crippen molar-refractivity contribution in [1.82, 2.24) is 0 Å². The number of unbranched alkanes of at least 4 members (excludes halogenated alkanes) is 36. The van der Waals surface area contributed by atoms with Crippen LogP contribution in [0.1, 0.15) is 348 Å². The Hall–Kier alpha value is -4.11. The van der Waals surface area contributed by atoms with E-state index in [1.807, 2.05) is 0 Å². The standard InChI is InChI=1S/C85H146NO8P/c1-3-5-7-9-11-13-15-17-19-21-23-25-27-29-31-33-35-37-39-40-41-42-44-46-48-50-52-54-56-58-60-62-64-66-68-70-72-74-76-78-85(88)94-83(82-93-95(89,90)92-80-79-86)81-91-84(87)77-75-73-71-69-67-65-63-61-59-57-55-53-51-49-47-45-43-38-36-34-32-30-28-26-24-22-20-18-16-14-12-10-8-6-4-2/h5,7,11,13,17,19,23,25,29,31,35,37,40-41,44,46,50,52,56,58,62,64,68,70,83H,3-4,6,8-10,12,14-16,18,20-22,24,26-28,30,32-34,36,38-39,42-43,45,47-49,51,53-55,57,59-61,63,65-67,69,71-82,86H2,1-2H3,(H,89,90)/b7-5-,13-11-,19-17-,25-23-,31-29-,37-35-,41-40-,46-44-,52-50-,58-56-,64-62-,70-68-. The first-order valence-electron chi connectivity index (χ1n) is 39.3. The molecule has 0 heterocycles. The Kier molecular flexibility index (Phi) is 75.5. The van der Waals surface area contributed by atoms with Gasteiger partial charge in [-0.25, -0.2) is 4.57 Å². The monoisotopic (exact) mass is 1340 g/mol. The lowest BCUT2D eigenvalue weighted by atomic mass is 10.0. The molecule has 3 N–H and O–H groups in total. The van der Waals surface area contributed by atoms with Crippen molar-refractivity contribution in [3.63, 3.8) is 0 Å². The van der Waals surface area contributed by atoms with Gasteiger partial charge in [0.05, 0.1) is 13.2 Å². The predicted octanol–water partition coefficient (Wildman–Crippen LogP) is 26.5. The molecular weight excluding hydrogens is 1190 g/mol. The zero-order valence-corrected chi connectivity index (χ0v) is 62.3. The maximum Gasteiger partial charge on any atom is 0.472 e. The van der Waals surface area contributed by atoms with Crippen molar-refractivity contribution >= 4 is 19.8 Å². The summed E-state index contributed by atoms with van der Waals surface area (Å²) < 4.78 is 33.2. The molecule has 0 aromatic heterocycles. The fraction of sp³-hybridized carbons (Fsp3) is 0.694. The first kappa shape index (κ1) is 90.9. The molecule has 10 heteroatoms. The van der Waals surface area contributed by atoms with Crippen molar-refractivity contribution in [2.75, 3.05) is 26.4 Å². The number of esters is 2. The Morgan fingerprint density at radius 1 is 0.326 bits per heavy atom. The topological polar surface area (TPSA) is 134 Å². The first-order chi connectivity index (χ1) is 46.8. The highest BCUT2D eigenvalue weighted by Gasteiger charge is 2.26. The molecule has 0 aliphatic heterocycles. The molecule has 0 rings (SSSR count). The van der Waals surface area contributed by atoms with Crippen LogP contribution >= 0.6 is 7.82 Å². The van der Waals surface area contributed by atoms with Crippen LogP contribution in [0, 0.1) is 0 Å². The second-order valence-electron chi connectivity index (χ2n) is 25.9. The number of hydrogen-bond donors (Lipinski definition) is 2. The van der Waals surface area contributed by atoms with Gasteiger partial charge in [0.25, 0.3) is 0 Å². The van der Waals surface area contributed by atoms with Crippen molar-refractivity contribution in [3.8, 4) is 0 Å². The number of carbonyl (C=O) groups is 2. The molecule has 0 saturated carbocycles. The molecule has 2 unspecified atom stereocenters. The SMILES string of the molecule is CC/C=C\C/C=C\C/C=C\C/C=C\C/C=C\C/C=C\C/C=C\C/C=C\C/C=C\C/C=C\C/C=C\C/C=C\CCCCC(=O)OC(COC(=O)CCCCCCCCCCCCCCCCCCCCCCCCCCCCCCCCCCCCC)COP(=O)(O)OCCN. The smallest absolute Gasteiger partial charge is 0.462 e. The van der Waals surface area contributed by atoms with E-state index in [1.54, 1.807) is 0 Å². The molecule has 0 aromatic carbocycles. The third-order valence-corrected chi connectivity index (χ3v) is 17.7. The molecule has 0 aliphatic carbocycles. The number of nitrogens with two attached hydrogens (primary N) is 1. The normalized spacial score (nSPS) is 13.7. The highest BCUT2D eigenvalue weighted by Crippen LogP contribution is 2.43. The zero-order valence-electron chi connectivity index (χ0n) is 61.4. The molecule has 2 atom stereocenters. The quantitative estimate of drug-likeness (QED) is 0.0264. The number of phosphoric ester groups is 1. The van der Waals surface area contributed by atoms with Crippen LogP contribution in [0.4, 0.5) is 0 Å². The van der Waals surface area contributed by atoms with Crippen LogP contribution in [0.5, 0.6) is 0 Å². The predicted molar refractivity (Wildman–Crippen MR) is 413 cm³/mol. The molecule has 0 bridgehead atoms. The summed E-state index contributed by atoms with van der Waals surface area (Å²) in [4.78, 5) is 35.4. The second-order valence-corrected chi connectivity index (χ2v) is 27.3. The van der Waals surface area contributed by atoms with E-state index in [0.717, 1.165) is 109 Å². The summed E-state index contributed by atoms with van der Waals surface area (Å²) in [5.41, 5.74) is 5.41. The molecule has 0 aromatic rings. The van der Waals surface area contributed by atoms with Gasteiger partial charge in [0.1, 0.15) is 6.61 Å². The summed E-state index contributed by atoms with van der Waals surface area (Å²) in [5, 5.41) is 0. The molecule has 544 valence electrons. The van der Waals surface area contributed by atoms with Gasteiger partial charge in [-0.15, -0.1) is 0 Å². The van der Waals surface area contributed by atoms with Gasteiger partial charge in [-0.3, -0.25) is 18.6 Å². The summed E-state index contributed by atoms with van der Waals surface area (Å²) >= 11 is 0. The maximum absolute atomic E-state index is 12.8. The number of allylic oxidation sites excluding steroid dienone is 24. The Morgan fingerprint density at radius 3 is 0.863 bits per heavy atom. The van der Waals surface area contributed by atoms with E-state index in [4.69, 9.17) is 24.3 Å². The van der Waals surface area contributed by atoms with Gasteiger partial charge in [0.2, 0.25) is 0 Å². The van der Waals surface area contributed by atoms with Crippen molar-refractivity contribution in [1.29, 1.82) is 0 Å². The van der Waals surface area contributed by atoms with Gasteiger partial charge < -0.3 is 20.1 Å². The van der Waals surface area contributed by atoms with Crippen molar-refractivity contribution < 1.29 is 37.6 Å². The van der Waals surface area contributed by atoms with E-state index in [1.165, 1.54) is 205 Å². The first-order valence-corrected chi connectivity index (χ1v) is 40.8. The van der Waals surface area contributed by atoms with Crippen molar-refractivity contribution in [3.05, 3.63) is 146 Å².